The number of aryl methyl sites for hydroxylation is 1. The molecular weight excluding hydrogens is 380 g/mol. The number of methoxy groups -OCH3 is 1. The van der Waals surface area contributed by atoms with Crippen LogP contribution in [0.1, 0.15) is 17.5 Å². The number of ether oxygens (including phenoxy) is 1. The zero-order valence-electron chi connectivity index (χ0n) is 17.1. The predicted molar refractivity (Wildman–Crippen MR) is 123 cm³/mol. The first kappa shape index (κ1) is 19.3. The Balaban J connectivity index is 1.84. The molecule has 0 radical (unpaired) electrons. The number of aromatic nitrogens is 1. The number of rotatable bonds is 5. The van der Waals surface area contributed by atoms with Crippen LogP contribution in [-0.2, 0) is 6.54 Å². The first-order valence-corrected chi connectivity index (χ1v) is 10.4. The molecule has 0 saturated carbocycles. The molecule has 0 spiro atoms. The highest BCUT2D eigenvalue weighted by molar-refractivity contribution is 7.19. The third-order valence-corrected chi connectivity index (χ3v) is 6.25. The largest absolute Gasteiger partial charge is 0.507 e. The first-order valence-electron chi connectivity index (χ1n) is 9.63. The summed E-state index contributed by atoms with van der Waals surface area (Å²) < 4.78 is 8.88. The minimum Gasteiger partial charge on any atom is -0.507 e. The molecule has 1 aromatic heterocycles. The summed E-state index contributed by atoms with van der Waals surface area (Å²) in [5.41, 5.74) is 2.93. The summed E-state index contributed by atoms with van der Waals surface area (Å²) in [7, 11) is 5.53. The predicted octanol–water partition coefficient (Wildman–Crippen LogP) is 5.31. The van der Waals surface area contributed by atoms with E-state index in [0.717, 1.165) is 22.8 Å². The quantitative estimate of drug-likeness (QED) is 0.457. The van der Waals surface area contributed by atoms with Crippen molar-refractivity contribution in [2.75, 3.05) is 26.1 Å². The lowest BCUT2D eigenvalue weighted by atomic mass is 10.1. The molecule has 5 heteroatoms. The summed E-state index contributed by atoms with van der Waals surface area (Å²) in [5, 5.41) is 14.2. The zero-order chi connectivity index (χ0) is 20.5. The second-order valence-corrected chi connectivity index (χ2v) is 8.22. The van der Waals surface area contributed by atoms with E-state index in [1.807, 2.05) is 31.1 Å². The molecule has 1 heterocycles. The molecule has 4 aromatic rings. The van der Waals surface area contributed by atoms with E-state index in [2.05, 4.69) is 54.0 Å². The van der Waals surface area contributed by atoms with Crippen LogP contribution >= 0.6 is 11.3 Å². The Morgan fingerprint density at radius 2 is 1.79 bits per heavy atom. The van der Waals surface area contributed by atoms with Gasteiger partial charge in [0.15, 0.2) is 0 Å². The standard InChI is InChI=1S/C24H24N2O2S/c1-5-26-21-12-16-8-6-7-9-17(16)13-23(21)29-24(26)11-10-19-20(25(2)3)14-18(28-4)15-22(19)27/h6-15H,5H2,1-4H3/p+1. The van der Waals surface area contributed by atoms with Gasteiger partial charge in [-0.3, -0.25) is 0 Å². The Kier molecular flexibility index (Phi) is 5.16. The van der Waals surface area contributed by atoms with Crippen molar-refractivity contribution in [1.82, 2.24) is 0 Å². The number of hydrogen-bond acceptors (Lipinski definition) is 4. The molecule has 0 aliphatic rings. The lowest BCUT2D eigenvalue weighted by Crippen LogP contribution is -2.33. The van der Waals surface area contributed by atoms with Crippen molar-refractivity contribution in [3.63, 3.8) is 0 Å². The SMILES string of the molecule is CC[n+]1c(/C=C/c2c(O)cc(OC)cc2N(C)C)sc2cc3ccccc3cc21. The van der Waals surface area contributed by atoms with E-state index in [4.69, 9.17) is 4.74 Å². The van der Waals surface area contributed by atoms with Crippen molar-refractivity contribution in [1.29, 1.82) is 0 Å². The Morgan fingerprint density at radius 1 is 1.07 bits per heavy atom. The van der Waals surface area contributed by atoms with Gasteiger partial charge in [-0.2, -0.15) is 4.57 Å². The third-order valence-electron chi connectivity index (χ3n) is 5.13. The van der Waals surface area contributed by atoms with Gasteiger partial charge in [0.25, 0.3) is 5.01 Å². The van der Waals surface area contributed by atoms with E-state index < -0.39 is 0 Å². The molecule has 0 fully saturated rings. The van der Waals surface area contributed by atoms with E-state index in [0.29, 0.717) is 5.75 Å². The lowest BCUT2D eigenvalue weighted by Gasteiger charge is -2.18. The molecule has 4 rings (SSSR count). The van der Waals surface area contributed by atoms with Gasteiger partial charge in [-0.05, 0) is 29.8 Å². The van der Waals surface area contributed by atoms with Gasteiger partial charge >= 0.3 is 0 Å². The van der Waals surface area contributed by atoms with Crippen molar-refractivity contribution < 1.29 is 14.4 Å². The lowest BCUT2D eigenvalue weighted by molar-refractivity contribution is -0.665. The number of thiazole rings is 1. The number of benzene rings is 3. The molecule has 0 bridgehead atoms. The minimum atomic E-state index is 0.208. The molecule has 148 valence electrons. The highest BCUT2D eigenvalue weighted by Gasteiger charge is 2.18. The van der Waals surface area contributed by atoms with Crippen molar-refractivity contribution >= 4 is 50.2 Å². The van der Waals surface area contributed by atoms with Crippen LogP contribution in [0.2, 0.25) is 0 Å². The number of fused-ring (bicyclic) bond motifs is 2. The van der Waals surface area contributed by atoms with Crippen LogP contribution in [0.25, 0.3) is 33.1 Å². The van der Waals surface area contributed by atoms with Gasteiger partial charge in [-0.1, -0.05) is 35.6 Å². The third kappa shape index (κ3) is 3.54. The van der Waals surface area contributed by atoms with Crippen LogP contribution in [0.5, 0.6) is 11.5 Å². The second kappa shape index (κ2) is 7.76. The van der Waals surface area contributed by atoms with E-state index in [1.54, 1.807) is 24.5 Å². The van der Waals surface area contributed by atoms with Crippen LogP contribution < -0.4 is 14.2 Å². The molecule has 0 aliphatic carbocycles. The zero-order valence-corrected chi connectivity index (χ0v) is 18.0. The van der Waals surface area contributed by atoms with Crippen molar-refractivity contribution in [3.05, 3.63) is 59.1 Å². The molecule has 0 aliphatic heterocycles. The Labute approximate surface area is 174 Å². The maximum absolute atomic E-state index is 10.6. The maximum atomic E-state index is 10.6. The fourth-order valence-corrected chi connectivity index (χ4v) is 4.81. The summed E-state index contributed by atoms with van der Waals surface area (Å²) in [6.07, 6.45) is 4.08. The van der Waals surface area contributed by atoms with Crippen LogP contribution in [0.15, 0.2) is 48.5 Å². The van der Waals surface area contributed by atoms with Gasteiger partial charge in [0.2, 0.25) is 5.52 Å². The summed E-state index contributed by atoms with van der Waals surface area (Å²) >= 11 is 1.77. The van der Waals surface area contributed by atoms with E-state index in [1.165, 1.54) is 21.0 Å². The second-order valence-electron chi connectivity index (χ2n) is 7.16. The average molecular weight is 406 g/mol. The topological polar surface area (TPSA) is 36.6 Å². The highest BCUT2D eigenvalue weighted by atomic mass is 32.1. The number of aromatic hydroxyl groups is 1. The summed E-state index contributed by atoms with van der Waals surface area (Å²) in [6.45, 7) is 3.04. The van der Waals surface area contributed by atoms with Crippen molar-refractivity contribution in [3.8, 4) is 11.5 Å². The van der Waals surface area contributed by atoms with Gasteiger partial charge in [-0.25, -0.2) is 0 Å². The molecule has 0 unspecified atom stereocenters. The van der Waals surface area contributed by atoms with E-state index in [-0.39, 0.29) is 5.75 Å². The van der Waals surface area contributed by atoms with Crippen LogP contribution in [-0.4, -0.2) is 26.3 Å². The van der Waals surface area contributed by atoms with Crippen molar-refractivity contribution in [2.24, 2.45) is 0 Å². The summed E-state index contributed by atoms with van der Waals surface area (Å²) in [6, 6.07) is 16.6. The molecule has 3 aromatic carbocycles. The highest BCUT2D eigenvalue weighted by Crippen LogP contribution is 2.35. The smallest absolute Gasteiger partial charge is 0.262 e. The Bertz CT molecular complexity index is 1220. The monoisotopic (exact) mass is 405 g/mol. The molecule has 0 amide bonds. The number of phenolic OH excluding ortho intramolecular Hbond substituents is 1. The van der Waals surface area contributed by atoms with Crippen molar-refractivity contribution in [2.45, 2.75) is 13.5 Å². The van der Waals surface area contributed by atoms with E-state index in [9.17, 15) is 5.11 Å². The fourth-order valence-electron chi connectivity index (χ4n) is 3.65. The van der Waals surface area contributed by atoms with Gasteiger partial charge < -0.3 is 14.7 Å². The molecule has 0 saturated heterocycles. The number of anilines is 1. The van der Waals surface area contributed by atoms with Crippen LogP contribution in [0.3, 0.4) is 0 Å². The first-order chi connectivity index (χ1) is 14.0. The summed E-state index contributed by atoms with van der Waals surface area (Å²) in [5.74, 6) is 0.847. The molecular formula is C24H25N2O2S+. The van der Waals surface area contributed by atoms with Gasteiger partial charge in [-0.15, -0.1) is 0 Å². The number of hydrogen-bond donors (Lipinski definition) is 1. The van der Waals surface area contributed by atoms with Crippen LogP contribution in [0.4, 0.5) is 5.69 Å². The fraction of sp³-hybridized carbons (Fsp3) is 0.208. The van der Waals surface area contributed by atoms with Gasteiger partial charge in [0.05, 0.1) is 12.8 Å². The van der Waals surface area contributed by atoms with Gasteiger partial charge in [0, 0.05) is 43.9 Å². The number of phenols is 1. The maximum Gasteiger partial charge on any atom is 0.262 e. The summed E-state index contributed by atoms with van der Waals surface area (Å²) in [4.78, 5) is 1.98. The van der Waals surface area contributed by atoms with Gasteiger partial charge in [0.1, 0.15) is 22.7 Å². The molecule has 29 heavy (non-hydrogen) atoms. The minimum absolute atomic E-state index is 0.208. The van der Waals surface area contributed by atoms with Crippen LogP contribution in [0, 0.1) is 0 Å². The normalized spacial score (nSPS) is 11.6. The average Bonchev–Trinajstić information content (AvgIpc) is 3.06. The molecule has 0 atom stereocenters. The Morgan fingerprint density at radius 3 is 2.45 bits per heavy atom. The number of nitrogens with zero attached hydrogens (tertiary/aromatic N) is 2. The Hall–Kier alpha value is -3.05. The molecule has 1 N–H and O–H groups in total. The van der Waals surface area contributed by atoms with E-state index >= 15 is 0 Å². The molecule has 4 nitrogen and oxygen atoms in total.